The molecule has 0 N–H and O–H groups in total. The van der Waals surface area contributed by atoms with Gasteiger partial charge in [0.15, 0.2) is 0 Å². The van der Waals surface area contributed by atoms with Crippen LogP contribution in [-0.4, -0.2) is 62.0 Å². The highest BCUT2D eigenvalue weighted by Crippen LogP contribution is 2.17. The molecule has 132 valence electrons. The van der Waals surface area contributed by atoms with Gasteiger partial charge in [-0.05, 0) is 39.4 Å². The van der Waals surface area contributed by atoms with Gasteiger partial charge >= 0.3 is 14.9 Å². The van der Waals surface area contributed by atoms with Crippen molar-refractivity contribution in [3.8, 4) is 0 Å². The molecule has 0 aliphatic carbocycles. The van der Waals surface area contributed by atoms with Crippen LogP contribution in [0.15, 0.2) is 0 Å². The van der Waals surface area contributed by atoms with Crippen LogP contribution in [0.5, 0.6) is 0 Å². The van der Waals surface area contributed by atoms with Gasteiger partial charge in [-0.1, -0.05) is 6.92 Å². The van der Waals surface area contributed by atoms with Gasteiger partial charge in [-0.2, -0.15) is 0 Å². The van der Waals surface area contributed by atoms with Crippen LogP contribution in [0.2, 0.25) is 25.7 Å². The Morgan fingerprint density at radius 1 is 1.09 bits per heavy atom. The first kappa shape index (κ1) is 21.6. The molecule has 0 bridgehead atoms. The number of carbonyl (C=O) groups is 1. The maximum Gasteiger partial charge on any atom is 0.500 e. The number of amides is 1. The first-order valence-corrected chi connectivity index (χ1v) is 13.3. The summed E-state index contributed by atoms with van der Waals surface area (Å²) in [5.74, 6) is 0. The van der Waals surface area contributed by atoms with E-state index in [0.717, 1.165) is 12.8 Å². The van der Waals surface area contributed by atoms with Crippen molar-refractivity contribution in [2.24, 2.45) is 0 Å². The molecule has 0 heterocycles. The molecule has 0 atom stereocenters. The van der Waals surface area contributed by atoms with E-state index >= 15 is 0 Å². The molecule has 0 aromatic carbocycles. The van der Waals surface area contributed by atoms with Gasteiger partial charge < -0.3 is 22.6 Å². The summed E-state index contributed by atoms with van der Waals surface area (Å²) >= 11 is 0. The molecule has 22 heavy (non-hydrogen) atoms. The Kier molecular flexibility index (Phi) is 10.2. The fraction of sp³-hybridized carbons (Fsp3) is 0.929. The monoisotopic (exact) mass is 351 g/mol. The molecule has 1 amide bonds. The molecule has 0 saturated heterocycles. The molecule has 6 nitrogen and oxygen atoms in total. The molecular formula is C14H33NO5Si2. The van der Waals surface area contributed by atoms with Crippen LogP contribution >= 0.6 is 0 Å². The van der Waals surface area contributed by atoms with E-state index in [1.54, 1.807) is 19.1 Å². The minimum Gasteiger partial charge on any atom is -0.504 e. The van der Waals surface area contributed by atoms with E-state index in [1.807, 2.05) is 26.6 Å². The average molecular weight is 352 g/mol. The average Bonchev–Trinajstić information content (AvgIpc) is 2.45. The minimum absolute atomic E-state index is 0.224. The Morgan fingerprint density at radius 3 is 2.09 bits per heavy atom. The summed E-state index contributed by atoms with van der Waals surface area (Å²) in [5, 5.41) is 0. The Hall–Kier alpha value is -0.416. The predicted molar refractivity (Wildman–Crippen MR) is 92.5 cm³/mol. The summed E-state index contributed by atoms with van der Waals surface area (Å²) < 4.78 is 22.4. The Bertz CT molecular complexity index is 319. The van der Waals surface area contributed by atoms with E-state index in [2.05, 4.69) is 6.92 Å². The summed E-state index contributed by atoms with van der Waals surface area (Å²) in [5.41, 5.74) is 0. The van der Waals surface area contributed by atoms with Crippen molar-refractivity contribution in [2.75, 3.05) is 33.9 Å². The molecule has 0 spiro atoms. The third-order valence-corrected chi connectivity index (χ3v) is 6.73. The topological polar surface area (TPSA) is 57.2 Å². The Labute approximate surface area is 137 Å². The van der Waals surface area contributed by atoms with E-state index in [1.165, 1.54) is 0 Å². The van der Waals surface area contributed by atoms with Gasteiger partial charge in [-0.3, -0.25) is 0 Å². The van der Waals surface area contributed by atoms with E-state index < -0.39 is 17.1 Å². The molecule has 0 unspecified atom stereocenters. The van der Waals surface area contributed by atoms with Crippen molar-refractivity contribution >= 4 is 23.2 Å². The maximum absolute atomic E-state index is 12.1. The summed E-state index contributed by atoms with van der Waals surface area (Å²) in [6.45, 7) is 11.9. The van der Waals surface area contributed by atoms with Gasteiger partial charge in [0.1, 0.15) is 0 Å². The minimum atomic E-state index is -2.60. The lowest BCUT2D eigenvalue weighted by Gasteiger charge is -2.29. The molecule has 0 aliphatic heterocycles. The van der Waals surface area contributed by atoms with Crippen molar-refractivity contribution in [3.63, 3.8) is 0 Å². The third kappa shape index (κ3) is 8.28. The lowest BCUT2D eigenvalue weighted by Crippen LogP contribution is -2.45. The summed E-state index contributed by atoms with van der Waals surface area (Å²) in [6, 6.07) is 0.691. The summed E-state index contributed by atoms with van der Waals surface area (Å²) in [6.07, 6.45) is 1.47. The number of hydrogen-bond acceptors (Lipinski definition) is 5. The van der Waals surface area contributed by atoms with E-state index in [0.29, 0.717) is 25.7 Å². The van der Waals surface area contributed by atoms with E-state index in [4.69, 9.17) is 17.7 Å². The van der Waals surface area contributed by atoms with Crippen LogP contribution in [0, 0.1) is 0 Å². The molecule has 0 aliphatic rings. The summed E-state index contributed by atoms with van der Waals surface area (Å²) in [7, 11) is -1.20. The van der Waals surface area contributed by atoms with Crippen LogP contribution in [0.25, 0.3) is 0 Å². The zero-order valence-electron chi connectivity index (χ0n) is 15.2. The fourth-order valence-corrected chi connectivity index (χ4v) is 4.64. The molecule has 0 saturated carbocycles. The van der Waals surface area contributed by atoms with Gasteiger partial charge in [-0.15, -0.1) is 0 Å². The highest BCUT2D eigenvalue weighted by Gasteiger charge is 2.38. The number of carbonyl (C=O) groups excluding carboxylic acids is 1. The SMILES string of the molecule is CCCO[Si](CCCN(CC)C(=O)O[Si](C)(C)C)(OC)OC. The molecule has 8 heteroatoms. The van der Waals surface area contributed by atoms with Crippen molar-refractivity contribution in [1.82, 2.24) is 4.90 Å². The largest absolute Gasteiger partial charge is 0.504 e. The standard InChI is InChI=1S/C14H33NO5Si2/c1-8-12-19-22(17-3,18-4)13-10-11-15(9-2)14(16)20-21(5,6)7/h8-13H2,1-7H3. The van der Waals surface area contributed by atoms with Gasteiger partial charge in [-0.25, -0.2) is 4.79 Å². The van der Waals surface area contributed by atoms with Gasteiger partial charge in [0.05, 0.1) is 0 Å². The van der Waals surface area contributed by atoms with Crippen molar-refractivity contribution in [2.45, 2.75) is 52.4 Å². The van der Waals surface area contributed by atoms with Crippen molar-refractivity contribution in [1.29, 1.82) is 0 Å². The quantitative estimate of drug-likeness (QED) is 0.534. The van der Waals surface area contributed by atoms with Crippen LogP contribution in [0.1, 0.15) is 26.7 Å². The molecule has 0 radical (unpaired) electrons. The second kappa shape index (κ2) is 10.4. The normalized spacial score (nSPS) is 12.3. The molecule has 0 aromatic rings. The Morgan fingerprint density at radius 2 is 1.68 bits per heavy atom. The smallest absolute Gasteiger partial charge is 0.500 e. The lowest BCUT2D eigenvalue weighted by molar-refractivity contribution is 0.0961. The number of rotatable bonds is 11. The highest BCUT2D eigenvalue weighted by atomic mass is 28.4. The third-order valence-electron chi connectivity index (χ3n) is 3.09. The second-order valence-electron chi connectivity index (χ2n) is 6.10. The van der Waals surface area contributed by atoms with Crippen LogP contribution in [0.3, 0.4) is 0 Å². The first-order chi connectivity index (χ1) is 10.2. The Balaban J connectivity index is 4.45. The highest BCUT2D eigenvalue weighted by molar-refractivity contribution is 6.71. The van der Waals surface area contributed by atoms with E-state index in [9.17, 15) is 4.79 Å². The van der Waals surface area contributed by atoms with Crippen molar-refractivity contribution in [3.05, 3.63) is 0 Å². The lowest BCUT2D eigenvalue weighted by atomic mass is 10.4. The zero-order chi connectivity index (χ0) is 17.2. The van der Waals surface area contributed by atoms with Crippen LogP contribution in [-0.2, 0) is 17.7 Å². The van der Waals surface area contributed by atoms with Crippen LogP contribution < -0.4 is 0 Å². The fourth-order valence-electron chi connectivity index (χ4n) is 1.93. The first-order valence-electron chi connectivity index (χ1n) is 7.95. The van der Waals surface area contributed by atoms with Crippen molar-refractivity contribution < 1.29 is 22.5 Å². The molecule has 0 fully saturated rings. The van der Waals surface area contributed by atoms with Gasteiger partial charge in [0.2, 0.25) is 8.32 Å². The van der Waals surface area contributed by atoms with Gasteiger partial charge in [0, 0.05) is 40.0 Å². The zero-order valence-corrected chi connectivity index (χ0v) is 17.2. The number of hydrogen-bond donors (Lipinski definition) is 0. The van der Waals surface area contributed by atoms with E-state index in [-0.39, 0.29) is 6.09 Å². The summed E-state index contributed by atoms with van der Waals surface area (Å²) in [4.78, 5) is 13.8. The molecule has 0 rings (SSSR count). The van der Waals surface area contributed by atoms with Crippen LogP contribution in [0.4, 0.5) is 4.79 Å². The number of nitrogens with zero attached hydrogens (tertiary/aromatic N) is 1. The predicted octanol–water partition coefficient (Wildman–Crippen LogP) is 3.33. The van der Waals surface area contributed by atoms with Gasteiger partial charge in [0.25, 0.3) is 0 Å². The second-order valence-corrected chi connectivity index (χ2v) is 13.5. The molecule has 0 aromatic heterocycles. The maximum atomic E-state index is 12.1. The molecular weight excluding hydrogens is 318 g/mol.